The van der Waals surface area contributed by atoms with Crippen molar-refractivity contribution in [2.75, 3.05) is 49.7 Å². The average Bonchev–Trinajstić information content (AvgIpc) is 3.10. The Morgan fingerprint density at radius 2 is 1.02 bits per heavy atom. The summed E-state index contributed by atoms with van der Waals surface area (Å²) in [7, 11) is 11.4. The summed E-state index contributed by atoms with van der Waals surface area (Å²) in [6.45, 7) is 0. The fourth-order valence-electron chi connectivity index (χ4n) is 6.52. The first-order valence-electron chi connectivity index (χ1n) is 15.7. The van der Waals surface area contributed by atoms with Gasteiger partial charge in [0.1, 0.15) is 5.75 Å². The highest BCUT2D eigenvalue weighted by atomic mass is 16.6. The number of hydrogen-bond donors (Lipinski definition) is 0. The molecule has 0 N–H and O–H groups in total. The van der Waals surface area contributed by atoms with Gasteiger partial charge in [0.2, 0.25) is 11.5 Å². The van der Waals surface area contributed by atoms with E-state index >= 15 is 0 Å². The van der Waals surface area contributed by atoms with Crippen molar-refractivity contribution in [3.05, 3.63) is 36.1 Å². The Kier molecular flexibility index (Phi) is 12.4. The second-order valence-corrected chi connectivity index (χ2v) is 11.7. The summed E-state index contributed by atoms with van der Waals surface area (Å²) in [5, 5.41) is 0. The maximum absolute atomic E-state index is 13.0. The molecule has 11 heteroatoms. The molecule has 0 bridgehead atoms. The molecule has 2 fully saturated rings. The van der Waals surface area contributed by atoms with Crippen LogP contribution in [0.2, 0.25) is 0 Å². The lowest BCUT2D eigenvalue weighted by atomic mass is 9.82. The molecule has 2 aliphatic carbocycles. The largest absolute Gasteiger partial charge is 0.493 e. The number of ether oxygens (including phenoxy) is 8. The van der Waals surface area contributed by atoms with Gasteiger partial charge in [-0.05, 0) is 82.2 Å². The number of rotatable bonds is 13. The Morgan fingerprint density at radius 1 is 0.609 bits per heavy atom. The lowest BCUT2D eigenvalue weighted by Gasteiger charge is -2.41. The minimum atomic E-state index is -0.242. The molecule has 46 heavy (non-hydrogen) atoms. The Bertz CT molecular complexity index is 1310. The van der Waals surface area contributed by atoms with Crippen molar-refractivity contribution in [3.63, 3.8) is 0 Å². The third-order valence-corrected chi connectivity index (χ3v) is 9.20. The number of carbonyl (C=O) groups excluding carboxylic acids is 2. The lowest BCUT2D eigenvalue weighted by Crippen LogP contribution is -2.45. The van der Waals surface area contributed by atoms with Gasteiger partial charge in [-0.25, -0.2) is 0 Å². The summed E-state index contributed by atoms with van der Waals surface area (Å²) in [5.41, 5.74) is 0.761. The first-order chi connectivity index (χ1) is 22.3. The normalized spacial score (nSPS) is 21.4. The minimum absolute atomic E-state index is 0.130. The Hall–Kier alpha value is -4.12. The number of methoxy groups -OCH3 is 6. The standard InChI is InChI=1S/C35H47NO10/c1-36(26-14-10-24(11-15-26)35(38)46-27-20-30(41-4)33(44-7)31(21-27)42-5)25-12-8-23(9-13-25)34(37)45-17-16-22-18-28(39-2)32(43-6)29(19-22)40-3/h16-21,23-26H,8-15H2,1-7H3/b17-16+. The van der Waals surface area contributed by atoms with Gasteiger partial charge in [0, 0.05) is 24.2 Å². The number of esters is 2. The molecule has 0 radical (unpaired) electrons. The van der Waals surface area contributed by atoms with E-state index in [-0.39, 0.29) is 23.8 Å². The van der Waals surface area contributed by atoms with Crippen molar-refractivity contribution in [2.45, 2.75) is 63.5 Å². The summed E-state index contributed by atoms with van der Waals surface area (Å²) in [4.78, 5) is 28.3. The molecule has 2 saturated carbocycles. The Morgan fingerprint density at radius 3 is 1.43 bits per heavy atom. The van der Waals surface area contributed by atoms with E-state index in [2.05, 4.69) is 11.9 Å². The molecule has 0 spiro atoms. The van der Waals surface area contributed by atoms with Gasteiger partial charge in [-0.15, -0.1) is 0 Å². The molecule has 0 unspecified atom stereocenters. The van der Waals surface area contributed by atoms with E-state index in [1.165, 1.54) is 27.6 Å². The highest BCUT2D eigenvalue weighted by Gasteiger charge is 2.35. The van der Waals surface area contributed by atoms with Crippen LogP contribution in [0.5, 0.6) is 40.2 Å². The maximum Gasteiger partial charge on any atom is 0.314 e. The van der Waals surface area contributed by atoms with Crippen molar-refractivity contribution >= 4 is 18.0 Å². The molecule has 0 amide bonds. The van der Waals surface area contributed by atoms with Crippen molar-refractivity contribution in [2.24, 2.45) is 11.8 Å². The van der Waals surface area contributed by atoms with Gasteiger partial charge >= 0.3 is 11.9 Å². The van der Waals surface area contributed by atoms with E-state index in [0.717, 1.165) is 56.9 Å². The van der Waals surface area contributed by atoms with Crippen molar-refractivity contribution < 1.29 is 47.5 Å². The van der Waals surface area contributed by atoms with Crippen LogP contribution in [-0.4, -0.2) is 78.6 Å². The quantitative estimate of drug-likeness (QED) is 0.148. The fourth-order valence-corrected chi connectivity index (χ4v) is 6.52. The Balaban J connectivity index is 1.22. The first-order valence-corrected chi connectivity index (χ1v) is 15.7. The number of benzene rings is 2. The topological polar surface area (TPSA) is 111 Å². The molecule has 11 nitrogen and oxygen atoms in total. The molecular formula is C35H47NO10. The predicted octanol–water partition coefficient (Wildman–Crippen LogP) is 5.91. The minimum Gasteiger partial charge on any atom is -0.493 e. The summed E-state index contributed by atoms with van der Waals surface area (Å²) in [6, 6.07) is 7.64. The fraction of sp³-hybridized carbons (Fsp3) is 0.543. The van der Waals surface area contributed by atoms with Crippen molar-refractivity contribution in [1.29, 1.82) is 0 Å². The van der Waals surface area contributed by atoms with E-state index < -0.39 is 0 Å². The monoisotopic (exact) mass is 641 g/mol. The van der Waals surface area contributed by atoms with E-state index in [4.69, 9.17) is 37.9 Å². The van der Waals surface area contributed by atoms with Crippen LogP contribution in [-0.2, 0) is 14.3 Å². The van der Waals surface area contributed by atoms with Gasteiger partial charge in [0.15, 0.2) is 23.0 Å². The Labute approximate surface area is 271 Å². The van der Waals surface area contributed by atoms with E-state index in [0.29, 0.717) is 52.3 Å². The number of hydrogen-bond acceptors (Lipinski definition) is 11. The second-order valence-electron chi connectivity index (χ2n) is 11.7. The second kappa shape index (κ2) is 16.4. The van der Waals surface area contributed by atoms with Gasteiger partial charge < -0.3 is 42.8 Å². The van der Waals surface area contributed by atoms with Gasteiger partial charge in [0.05, 0.1) is 60.8 Å². The smallest absolute Gasteiger partial charge is 0.314 e. The van der Waals surface area contributed by atoms with Crippen molar-refractivity contribution in [3.8, 4) is 40.2 Å². The highest BCUT2D eigenvalue weighted by molar-refractivity contribution is 5.76. The van der Waals surface area contributed by atoms with Gasteiger partial charge in [0.25, 0.3) is 0 Å². The third kappa shape index (κ3) is 8.17. The van der Waals surface area contributed by atoms with Crippen LogP contribution in [0.4, 0.5) is 0 Å². The van der Waals surface area contributed by atoms with Gasteiger partial charge in [-0.2, -0.15) is 0 Å². The summed E-state index contributed by atoms with van der Waals surface area (Å²) < 4.78 is 43.5. The summed E-state index contributed by atoms with van der Waals surface area (Å²) in [6.07, 6.45) is 9.90. The van der Waals surface area contributed by atoms with Crippen LogP contribution in [0.3, 0.4) is 0 Å². The van der Waals surface area contributed by atoms with Crippen LogP contribution in [0.25, 0.3) is 6.08 Å². The molecular weight excluding hydrogens is 594 g/mol. The van der Waals surface area contributed by atoms with Crippen molar-refractivity contribution in [1.82, 2.24) is 4.90 Å². The molecule has 0 saturated heterocycles. The van der Waals surface area contributed by atoms with Crippen LogP contribution < -0.4 is 33.2 Å². The van der Waals surface area contributed by atoms with Crippen LogP contribution in [0.15, 0.2) is 30.5 Å². The SMILES string of the molecule is COc1cc(/C=C/OC(=O)C2CCC(N(C)C3CCC(C(=O)Oc4cc(OC)c(OC)c(OC)c4)CC3)CC2)cc(OC)c1OC. The summed E-state index contributed by atoms with van der Waals surface area (Å²) in [5.74, 6) is 2.49. The lowest BCUT2D eigenvalue weighted by molar-refractivity contribution is -0.144. The molecule has 2 aromatic rings. The molecule has 2 aromatic carbocycles. The molecule has 2 aliphatic rings. The van der Waals surface area contributed by atoms with Crippen LogP contribution >= 0.6 is 0 Å². The third-order valence-electron chi connectivity index (χ3n) is 9.20. The number of nitrogens with zero attached hydrogens (tertiary/aromatic N) is 1. The van der Waals surface area contributed by atoms with Gasteiger partial charge in [-0.3, -0.25) is 9.59 Å². The van der Waals surface area contributed by atoms with E-state index in [1.54, 1.807) is 51.7 Å². The maximum atomic E-state index is 13.0. The van der Waals surface area contributed by atoms with Gasteiger partial charge in [-0.1, -0.05) is 0 Å². The first kappa shape index (κ1) is 34.7. The number of carbonyl (C=O) groups is 2. The molecule has 0 aliphatic heterocycles. The van der Waals surface area contributed by atoms with Crippen LogP contribution in [0, 0.1) is 11.8 Å². The summed E-state index contributed by atoms with van der Waals surface area (Å²) >= 11 is 0. The predicted molar refractivity (Wildman–Crippen MR) is 172 cm³/mol. The zero-order chi connectivity index (χ0) is 33.2. The zero-order valence-electron chi connectivity index (χ0n) is 28.0. The molecule has 0 atom stereocenters. The molecule has 252 valence electrons. The highest BCUT2D eigenvalue weighted by Crippen LogP contribution is 2.42. The molecule has 4 rings (SSSR count). The molecule has 0 aromatic heterocycles. The van der Waals surface area contributed by atoms with Crippen LogP contribution in [0.1, 0.15) is 56.9 Å². The molecule has 0 heterocycles. The zero-order valence-corrected chi connectivity index (χ0v) is 28.0. The average molecular weight is 642 g/mol. The van der Waals surface area contributed by atoms with E-state index in [9.17, 15) is 9.59 Å². The van der Waals surface area contributed by atoms with E-state index in [1.807, 2.05) is 0 Å².